The number of hydrogen-bond acceptors (Lipinski definition) is 2. The molecule has 0 amide bonds. The number of piperidine rings is 1. The normalized spacial score (nSPS) is 33.6. The SMILES string of the molecule is C=C[C@@]1(OC)CCCN(C)C1. The monoisotopic (exact) mass is 155 g/mol. The first kappa shape index (κ1) is 8.75. The van der Waals surface area contributed by atoms with Crippen LogP contribution in [0, 0.1) is 0 Å². The smallest absolute Gasteiger partial charge is 0.0982 e. The van der Waals surface area contributed by atoms with Crippen molar-refractivity contribution in [2.75, 3.05) is 27.2 Å². The van der Waals surface area contributed by atoms with Gasteiger partial charge in [0.25, 0.3) is 0 Å². The molecule has 0 radical (unpaired) electrons. The van der Waals surface area contributed by atoms with Crippen LogP contribution in [0.2, 0.25) is 0 Å². The van der Waals surface area contributed by atoms with Gasteiger partial charge in [0.15, 0.2) is 0 Å². The summed E-state index contributed by atoms with van der Waals surface area (Å²) in [6.45, 7) is 5.97. The Balaban J connectivity index is 2.59. The Labute approximate surface area is 68.8 Å². The molecule has 1 rings (SSSR count). The number of rotatable bonds is 2. The number of ether oxygens (including phenoxy) is 1. The zero-order valence-electron chi connectivity index (χ0n) is 7.47. The quantitative estimate of drug-likeness (QED) is 0.557. The second kappa shape index (κ2) is 3.37. The molecule has 1 heterocycles. The highest BCUT2D eigenvalue weighted by molar-refractivity contribution is 5.01. The molecule has 0 spiro atoms. The van der Waals surface area contributed by atoms with E-state index in [1.807, 2.05) is 6.08 Å². The van der Waals surface area contributed by atoms with Crippen molar-refractivity contribution in [3.63, 3.8) is 0 Å². The van der Waals surface area contributed by atoms with Crippen LogP contribution in [-0.4, -0.2) is 37.7 Å². The Morgan fingerprint density at radius 3 is 2.73 bits per heavy atom. The molecule has 0 saturated carbocycles. The third-order valence-electron chi connectivity index (χ3n) is 2.46. The Morgan fingerprint density at radius 1 is 1.64 bits per heavy atom. The molecule has 0 bridgehead atoms. The van der Waals surface area contributed by atoms with E-state index < -0.39 is 0 Å². The van der Waals surface area contributed by atoms with Crippen molar-refractivity contribution in [1.29, 1.82) is 0 Å². The maximum absolute atomic E-state index is 5.44. The van der Waals surface area contributed by atoms with E-state index in [2.05, 4.69) is 18.5 Å². The second-order valence-electron chi connectivity index (χ2n) is 3.31. The van der Waals surface area contributed by atoms with Gasteiger partial charge in [-0.05, 0) is 26.4 Å². The van der Waals surface area contributed by atoms with Gasteiger partial charge in [-0.2, -0.15) is 0 Å². The number of methoxy groups -OCH3 is 1. The summed E-state index contributed by atoms with van der Waals surface area (Å²) in [5.74, 6) is 0. The number of hydrogen-bond donors (Lipinski definition) is 0. The van der Waals surface area contributed by atoms with Crippen LogP contribution < -0.4 is 0 Å². The molecule has 0 N–H and O–H groups in total. The molecule has 1 atom stereocenters. The molecule has 2 nitrogen and oxygen atoms in total. The Kier molecular flexibility index (Phi) is 2.68. The van der Waals surface area contributed by atoms with Crippen LogP contribution in [0.25, 0.3) is 0 Å². The van der Waals surface area contributed by atoms with E-state index in [1.165, 1.54) is 13.0 Å². The summed E-state index contributed by atoms with van der Waals surface area (Å²) >= 11 is 0. The van der Waals surface area contributed by atoms with E-state index in [9.17, 15) is 0 Å². The lowest BCUT2D eigenvalue weighted by molar-refractivity contribution is -0.0212. The lowest BCUT2D eigenvalue weighted by atomic mass is 9.93. The van der Waals surface area contributed by atoms with Crippen LogP contribution in [0.4, 0.5) is 0 Å². The summed E-state index contributed by atoms with van der Waals surface area (Å²) in [5, 5.41) is 0. The summed E-state index contributed by atoms with van der Waals surface area (Å²) in [7, 11) is 3.89. The molecule has 1 saturated heterocycles. The van der Waals surface area contributed by atoms with E-state index >= 15 is 0 Å². The standard InChI is InChI=1S/C9H17NO/c1-4-9(11-3)6-5-7-10(2)8-9/h4H,1,5-8H2,2-3H3/t9-/m1/s1. The molecule has 0 aromatic heterocycles. The maximum atomic E-state index is 5.44. The van der Waals surface area contributed by atoms with Crippen molar-refractivity contribution in [1.82, 2.24) is 4.90 Å². The molecule has 0 aromatic rings. The Morgan fingerprint density at radius 2 is 2.36 bits per heavy atom. The van der Waals surface area contributed by atoms with Crippen LogP contribution in [0.3, 0.4) is 0 Å². The summed E-state index contributed by atoms with van der Waals surface area (Å²) in [5.41, 5.74) is -0.0764. The molecule has 1 aliphatic rings. The van der Waals surface area contributed by atoms with Crippen LogP contribution in [-0.2, 0) is 4.74 Å². The highest BCUT2D eigenvalue weighted by Gasteiger charge is 2.30. The zero-order valence-corrected chi connectivity index (χ0v) is 7.47. The van der Waals surface area contributed by atoms with E-state index in [4.69, 9.17) is 4.74 Å². The molecular formula is C9H17NO. The van der Waals surface area contributed by atoms with Crippen LogP contribution >= 0.6 is 0 Å². The van der Waals surface area contributed by atoms with E-state index in [0.717, 1.165) is 13.0 Å². The van der Waals surface area contributed by atoms with Gasteiger partial charge in [0.1, 0.15) is 0 Å². The largest absolute Gasteiger partial charge is 0.373 e. The molecule has 0 aliphatic carbocycles. The van der Waals surface area contributed by atoms with Crippen molar-refractivity contribution in [3.05, 3.63) is 12.7 Å². The van der Waals surface area contributed by atoms with Gasteiger partial charge in [-0.15, -0.1) is 6.58 Å². The highest BCUT2D eigenvalue weighted by Crippen LogP contribution is 2.24. The third kappa shape index (κ3) is 1.82. The van der Waals surface area contributed by atoms with Crippen molar-refractivity contribution >= 4 is 0 Å². The topological polar surface area (TPSA) is 12.5 Å². The van der Waals surface area contributed by atoms with Crippen molar-refractivity contribution in [2.45, 2.75) is 18.4 Å². The Bertz CT molecular complexity index is 146. The van der Waals surface area contributed by atoms with Gasteiger partial charge in [-0.1, -0.05) is 6.08 Å². The summed E-state index contributed by atoms with van der Waals surface area (Å²) in [6, 6.07) is 0. The molecular weight excluding hydrogens is 138 g/mol. The van der Waals surface area contributed by atoms with Gasteiger partial charge >= 0.3 is 0 Å². The minimum Gasteiger partial charge on any atom is -0.373 e. The summed E-state index contributed by atoms with van der Waals surface area (Å²) in [6.07, 6.45) is 4.25. The van der Waals surface area contributed by atoms with Gasteiger partial charge in [0.05, 0.1) is 5.60 Å². The number of nitrogens with zero attached hydrogens (tertiary/aromatic N) is 1. The van der Waals surface area contributed by atoms with Gasteiger partial charge in [0.2, 0.25) is 0 Å². The molecule has 0 unspecified atom stereocenters. The molecule has 1 fully saturated rings. The van der Waals surface area contributed by atoms with E-state index in [1.54, 1.807) is 7.11 Å². The molecule has 0 aromatic carbocycles. The first-order valence-corrected chi connectivity index (χ1v) is 4.10. The summed E-state index contributed by atoms with van der Waals surface area (Å²) < 4.78 is 5.44. The van der Waals surface area contributed by atoms with Crippen molar-refractivity contribution < 1.29 is 4.74 Å². The fourth-order valence-corrected chi connectivity index (χ4v) is 1.68. The lowest BCUT2D eigenvalue weighted by Gasteiger charge is -2.38. The first-order chi connectivity index (χ1) is 5.22. The highest BCUT2D eigenvalue weighted by atomic mass is 16.5. The van der Waals surface area contributed by atoms with E-state index in [0.29, 0.717) is 0 Å². The lowest BCUT2D eigenvalue weighted by Crippen LogP contribution is -2.46. The number of likely N-dealkylation sites (tertiary alicyclic amines) is 1. The maximum Gasteiger partial charge on any atom is 0.0982 e. The fourth-order valence-electron chi connectivity index (χ4n) is 1.68. The second-order valence-corrected chi connectivity index (χ2v) is 3.31. The van der Waals surface area contributed by atoms with Gasteiger partial charge < -0.3 is 9.64 Å². The first-order valence-electron chi connectivity index (χ1n) is 4.10. The minimum atomic E-state index is -0.0764. The van der Waals surface area contributed by atoms with Crippen molar-refractivity contribution in [2.24, 2.45) is 0 Å². The molecule has 2 heteroatoms. The number of likely N-dealkylation sites (N-methyl/N-ethyl adjacent to an activating group) is 1. The van der Waals surface area contributed by atoms with E-state index in [-0.39, 0.29) is 5.60 Å². The Hall–Kier alpha value is -0.340. The average Bonchev–Trinajstić information content (AvgIpc) is 2.04. The zero-order chi connectivity index (χ0) is 8.32. The van der Waals surface area contributed by atoms with Gasteiger partial charge in [-0.3, -0.25) is 0 Å². The fraction of sp³-hybridized carbons (Fsp3) is 0.778. The molecule has 64 valence electrons. The van der Waals surface area contributed by atoms with Gasteiger partial charge in [0, 0.05) is 13.7 Å². The molecule has 1 aliphatic heterocycles. The summed E-state index contributed by atoms with van der Waals surface area (Å²) in [4.78, 5) is 2.29. The van der Waals surface area contributed by atoms with Crippen LogP contribution in [0.1, 0.15) is 12.8 Å². The van der Waals surface area contributed by atoms with Crippen LogP contribution in [0.5, 0.6) is 0 Å². The van der Waals surface area contributed by atoms with Crippen molar-refractivity contribution in [3.8, 4) is 0 Å². The average molecular weight is 155 g/mol. The van der Waals surface area contributed by atoms with Gasteiger partial charge in [-0.25, -0.2) is 0 Å². The minimum absolute atomic E-state index is 0.0764. The predicted molar refractivity (Wildman–Crippen MR) is 46.7 cm³/mol. The van der Waals surface area contributed by atoms with Crippen LogP contribution in [0.15, 0.2) is 12.7 Å². The predicted octanol–water partition coefficient (Wildman–Crippen LogP) is 1.28. The molecule has 11 heavy (non-hydrogen) atoms. The third-order valence-corrected chi connectivity index (χ3v) is 2.46.